The van der Waals surface area contributed by atoms with Crippen LogP contribution in [0.25, 0.3) is 10.8 Å². The van der Waals surface area contributed by atoms with E-state index in [1.807, 2.05) is 56.3 Å². The number of halogens is 1. The van der Waals surface area contributed by atoms with Gasteiger partial charge in [-0.05, 0) is 48.6 Å². The van der Waals surface area contributed by atoms with E-state index >= 15 is 0 Å². The molecule has 7 atom stereocenters. The number of anilines is 1. The minimum Gasteiger partial charge on any atom is -0.466 e. The third kappa shape index (κ3) is 4.25. The van der Waals surface area contributed by atoms with Crippen molar-refractivity contribution >= 4 is 50.2 Å². The van der Waals surface area contributed by atoms with Crippen LogP contribution in [-0.4, -0.2) is 69.6 Å². The first-order chi connectivity index (χ1) is 17.7. The Hall–Kier alpha value is -2.49. The predicted molar refractivity (Wildman–Crippen MR) is 142 cm³/mol. The van der Waals surface area contributed by atoms with E-state index in [0.29, 0.717) is 18.5 Å². The molecule has 3 aliphatic rings. The SMILES string of the molecule is CCOC(=O)[C@H]1[C@H]2C(=O)N([C@@H](CO)CC(C)C)C(C(=O)Nc3ccc4ccccc4c3)C23CC(Br)[C@@H]1O3. The summed E-state index contributed by atoms with van der Waals surface area (Å²) in [7, 11) is 0. The first kappa shape index (κ1) is 26.1. The number of hydrogen-bond donors (Lipinski definition) is 2. The maximum atomic E-state index is 14.1. The largest absolute Gasteiger partial charge is 0.466 e. The van der Waals surface area contributed by atoms with Gasteiger partial charge in [0.15, 0.2) is 0 Å². The third-order valence-electron chi connectivity index (χ3n) is 7.90. The molecular formula is C28H33BrN2O6. The number of fused-ring (bicyclic) bond motifs is 2. The fourth-order valence-electron chi connectivity index (χ4n) is 6.57. The molecule has 2 aromatic carbocycles. The number of amides is 2. The minimum atomic E-state index is -1.20. The Labute approximate surface area is 224 Å². The molecule has 2 bridgehead atoms. The molecule has 0 radical (unpaired) electrons. The van der Waals surface area contributed by atoms with Gasteiger partial charge in [-0.15, -0.1) is 0 Å². The molecule has 5 rings (SSSR count). The molecule has 0 aliphatic carbocycles. The number of esters is 1. The van der Waals surface area contributed by atoms with Gasteiger partial charge in [-0.3, -0.25) is 14.4 Å². The Morgan fingerprint density at radius 2 is 1.97 bits per heavy atom. The molecular weight excluding hydrogens is 540 g/mol. The number of alkyl halides is 1. The van der Waals surface area contributed by atoms with Crippen molar-refractivity contribution in [1.29, 1.82) is 0 Å². The number of hydrogen-bond acceptors (Lipinski definition) is 6. The van der Waals surface area contributed by atoms with Crippen molar-refractivity contribution in [2.24, 2.45) is 17.8 Å². The number of nitrogens with zero attached hydrogens (tertiary/aromatic N) is 1. The third-order valence-corrected chi connectivity index (χ3v) is 8.74. The van der Waals surface area contributed by atoms with Gasteiger partial charge in [-0.1, -0.05) is 60.1 Å². The lowest BCUT2D eigenvalue weighted by molar-refractivity contribution is -0.155. The van der Waals surface area contributed by atoms with Gasteiger partial charge in [0.05, 0.1) is 37.2 Å². The van der Waals surface area contributed by atoms with Crippen LogP contribution < -0.4 is 5.32 Å². The van der Waals surface area contributed by atoms with Crippen LogP contribution in [0.1, 0.15) is 33.6 Å². The van der Waals surface area contributed by atoms with Crippen LogP contribution in [0.4, 0.5) is 5.69 Å². The van der Waals surface area contributed by atoms with E-state index in [1.165, 1.54) is 4.90 Å². The number of likely N-dealkylation sites (tertiary alicyclic amines) is 1. The second kappa shape index (κ2) is 10.0. The molecule has 0 saturated carbocycles. The standard InChI is InChI=1S/C28H33BrN2O6/c1-4-36-27(35)21-22-26(34)31(19(14-32)11-15(2)3)24(28(22)13-20(29)23(21)37-28)25(33)30-18-10-9-16-7-5-6-8-17(16)12-18/h5-10,12,15,19-24,32H,4,11,13-14H2,1-3H3,(H,30,33)/t19-,20?,21+,22+,23+,24?,28?/m1/s1. The summed E-state index contributed by atoms with van der Waals surface area (Å²) >= 11 is 3.65. The van der Waals surface area contributed by atoms with Crippen LogP contribution in [0.3, 0.4) is 0 Å². The minimum absolute atomic E-state index is 0.175. The number of nitrogens with one attached hydrogen (secondary N) is 1. The fourth-order valence-corrected chi connectivity index (χ4v) is 7.51. The van der Waals surface area contributed by atoms with Crippen molar-refractivity contribution in [3.8, 4) is 0 Å². The zero-order valence-electron chi connectivity index (χ0n) is 21.2. The second-order valence-electron chi connectivity index (χ2n) is 10.7. The van der Waals surface area contributed by atoms with Crippen LogP contribution in [-0.2, 0) is 23.9 Å². The van der Waals surface area contributed by atoms with Crippen LogP contribution in [0, 0.1) is 17.8 Å². The van der Waals surface area contributed by atoms with Gasteiger partial charge >= 0.3 is 5.97 Å². The van der Waals surface area contributed by atoms with Crippen molar-refractivity contribution in [1.82, 2.24) is 4.90 Å². The van der Waals surface area contributed by atoms with Gasteiger partial charge in [0, 0.05) is 10.5 Å². The Bertz CT molecular complexity index is 1220. The van der Waals surface area contributed by atoms with Gasteiger partial charge < -0.3 is 24.8 Å². The number of benzene rings is 2. The number of aliphatic hydroxyl groups excluding tert-OH is 1. The number of aliphatic hydroxyl groups is 1. The lowest BCUT2D eigenvalue weighted by atomic mass is 9.70. The summed E-state index contributed by atoms with van der Waals surface area (Å²) in [5, 5.41) is 15.4. The molecule has 2 aromatic rings. The van der Waals surface area contributed by atoms with Crippen LogP contribution in [0.5, 0.6) is 0 Å². The highest BCUT2D eigenvalue weighted by molar-refractivity contribution is 9.09. The van der Waals surface area contributed by atoms with Crippen molar-refractivity contribution in [3.63, 3.8) is 0 Å². The van der Waals surface area contributed by atoms with Crippen LogP contribution in [0.2, 0.25) is 0 Å². The van der Waals surface area contributed by atoms with Gasteiger partial charge in [0.1, 0.15) is 11.6 Å². The molecule has 37 heavy (non-hydrogen) atoms. The van der Waals surface area contributed by atoms with E-state index in [-0.39, 0.29) is 29.9 Å². The Morgan fingerprint density at radius 3 is 2.65 bits per heavy atom. The molecule has 8 nitrogen and oxygen atoms in total. The van der Waals surface area contributed by atoms with Crippen molar-refractivity contribution in [2.45, 2.75) is 62.2 Å². The normalized spacial score (nSPS) is 31.1. The zero-order valence-corrected chi connectivity index (χ0v) is 22.8. The van der Waals surface area contributed by atoms with Gasteiger partial charge in [-0.25, -0.2) is 0 Å². The van der Waals surface area contributed by atoms with Crippen LogP contribution >= 0.6 is 15.9 Å². The maximum Gasteiger partial charge on any atom is 0.312 e. The molecule has 3 fully saturated rings. The second-order valence-corrected chi connectivity index (χ2v) is 11.9. The lowest BCUT2D eigenvalue weighted by Gasteiger charge is -2.37. The Kier molecular flexibility index (Phi) is 7.06. The van der Waals surface area contributed by atoms with Gasteiger partial charge in [0.25, 0.3) is 0 Å². The number of carbonyl (C=O) groups excluding carboxylic acids is 3. The molecule has 1 spiro atoms. The molecule has 198 valence electrons. The molecule has 3 heterocycles. The summed E-state index contributed by atoms with van der Waals surface area (Å²) < 4.78 is 11.8. The van der Waals surface area contributed by atoms with E-state index in [4.69, 9.17) is 9.47 Å². The van der Waals surface area contributed by atoms with E-state index in [2.05, 4.69) is 21.2 Å². The number of rotatable bonds is 8. The Balaban J connectivity index is 1.55. The number of ether oxygens (including phenoxy) is 2. The fraction of sp³-hybridized carbons (Fsp3) is 0.536. The monoisotopic (exact) mass is 572 g/mol. The summed E-state index contributed by atoms with van der Waals surface area (Å²) in [5.74, 6) is -2.70. The summed E-state index contributed by atoms with van der Waals surface area (Å²) in [6.07, 6.45) is 0.343. The van der Waals surface area contributed by atoms with Gasteiger partial charge in [0.2, 0.25) is 11.8 Å². The maximum absolute atomic E-state index is 14.1. The van der Waals surface area contributed by atoms with Crippen LogP contribution in [0.15, 0.2) is 42.5 Å². The summed E-state index contributed by atoms with van der Waals surface area (Å²) in [6, 6.07) is 11.9. The molecule has 9 heteroatoms. The summed E-state index contributed by atoms with van der Waals surface area (Å²) in [6.45, 7) is 5.62. The first-order valence-electron chi connectivity index (χ1n) is 12.9. The van der Waals surface area contributed by atoms with Gasteiger partial charge in [-0.2, -0.15) is 0 Å². The average molecular weight is 573 g/mol. The molecule has 0 aromatic heterocycles. The highest BCUT2D eigenvalue weighted by atomic mass is 79.9. The number of carbonyl (C=O) groups is 3. The van der Waals surface area contributed by atoms with E-state index in [1.54, 1.807) is 6.92 Å². The van der Waals surface area contributed by atoms with Crippen molar-refractivity contribution in [2.75, 3.05) is 18.5 Å². The quantitative estimate of drug-likeness (QED) is 0.370. The molecule has 2 amide bonds. The zero-order chi connectivity index (χ0) is 26.5. The molecule has 3 unspecified atom stereocenters. The predicted octanol–water partition coefficient (Wildman–Crippen LogP) is 3.50. The molecule has 3 aliphatic heterocycles. The van der Waals surface area contributed by atoms with Crippen molar-refractivity contribution < 1.29 is 29.0 Å². The van der Waals surface area contributed by atoms with E-state index < -0.39 is 47.5 Å². The molecule has 3 saturated heterocycles. The van der Waals surface area contributed by atoms with E-state index in [9.17, 15) is 19.5 Å². The summed E-state index contributed by atoms with van der Waals surface area (Å²) in [5.41, 5.74) is -0.594. The topological polar surface area (TPSA) is 105 Å². The Morgan fingerprint density at radius 1 is 1.24 bits per heavy atom. The average Bonchev–Trinajstić information content (AvgIpc) is 3.45. The smallest absolute Gasteiger partial charge is 0.312 e. The van der Waals surface area contributed by atoms with E-state index in [0.717, 1.165) is 10.8 Å². The highest BCUT2D eigenvalue weighted by Crippen LogP contribution is 2.60. The lowest BCUT2D eigenvalue weighted by Crippen LogP contribution is -2.56. The summed E-state index contributed by atoms with van der Waals surface area (Å²) in [4.78, 5) is 42.4. The molecule has 2 N–H and O–H groups in total. The van der Waals surface area contributed by atoms with Crippen molar-refractivity contribution in [3.05, 3.63) is 42.5 Å². The highest BCUT2D eigenvalue weighted by Gasteiger charge is 2.77. The first-order valence-corrected chi connectivity index (χ1v) is 13.8.